The first-order valence-electron chi connectivity index (χ1n) is 4.37. The Bertz CT molecular complexity index is 290. The monoisotopic (exact) mass is 246 g/mol. The molecule has 0 N–H and O–H groups in total. The van der Waals surface area contributed by atoms with Gasteiger partial charge < -0.3 is 0 Å². The predicted octanol–water partition coefficient (Wildman–Crippen LogP) is 4.46. The predicted molar refractivity (Wildman–Crippen MR) is 67.7 cm³/mol. The van der Waals surface area contributed by atoms with Crippen molar-refractivity contribution in [2.24, 2.45) is 0 Å². The van der Waals surface area contributed by atoms with E-state index in [9.17, 15) is 0 Å². The van der Waals surface area contributed by atoms with Crippen LogP contribution in [0.3, 0.4) is 0 Å². The molecule has 0 amide bonds. The van der Waals surface area contributed by atoms with Crippen LogP contribution in [0.2, 0.25) is 10.0 Å². The molecule has 76 valence electrons. The average molecular weight is 247 g/mol. The highest BCUT2D eigenvalue weighted by Crippen LogP contribution is 2.25. The Labute approximate surface area is 99.3 Å². The first-order valence-corrected chi connectivity index (χ1v) is 6.28. The van der Waals surface area contributed by atoms with Crippen LogP contribution in [0.15, 0.2) is 30.9 Å². The van der Waals surface area contributed by atoms with Crippen LogP contribution in [-0.2, 0) is 6.42 Å². The van der Waals surface area contributed by atoms with Crippen LogP contribution in [0.25, 0.3) is 0 Å². The summed E-state index contributed by atoms with van der Waals surface area (Å²) in [5.74, 6) is 2.00. The standard InChI is InChI=1S/C11H12Cl2S/c1-2-7-14-8-6-9-10(12)4-3-5-11(9)13/h2-5H,1,6-8H2. The van der Waals surface area contributed by atoms with Crippen LogP contribution in [0.4, 0.5) is 0 Å². The molecule has 1 rings (SSSR count). The summed E-state index contributed by atoms with van der Waals surface area (Å²) in [5, 5.41) is 1.52. The van der Waals surface area contributed by atoms with Crippen molar-refractivity contribution >= 4 is 35.0 Å². The maximum atomic E-state index is 6.03. The van der Waals surface area contributed by atoms with Crippen molar-refractivity contribution in [3.8, 4) is 0 Å². The van der Waals surface area contributed by atoms with Crippen molar-refractivity contribution in [1.82, 2.24) is 0 Å². The van der Waals surface area contributed by atoms with Crippen molar-refractivity contribution in [3.05, 3.63) is 46.5 Å². The lowest BCUT2D eigenvalue weighted by atomic mass is 10.2. The molecule has 0 nitrogen and oxygen atoms in total. The number of hydrogen-bond acceptors (Lipinski definition) is 1. The summed E-state index contributed by atoms with van der Waals surface area (Å²) in [5.41, 5.74) is 1.05. The second kappa shape index (κ2) is 6.39. The Balaban J connectivity index is 2.53. The van der Waals surface area contributed by atoms with Gasteiger partial charge in [-0.1, -0.05) is 35.3 Å². The summed E-state index contributed by atoms with van der Waals surface area (Å²) < 4.78 is 0. The molecule has 0 radical (unpaired) electrons. The van der Waals surface area contributed by atoms with Gasteiger partial charge in [0.15, 0.2) is 0 Å². The molecule has 0 unspecified atom stereocenters. The van der Waals surface area contributed by atoms with Crippen molar-refractivity contribution in [1.29, 1.82) is 0 Å². The molecule has 0 atom stereocenters. The quantitative estimate of drug-likeness (QED) is 0.547. The Morgan fingerprint density at radius 2 is 1.93 bits per heavy atom. The lowest BCUT2D eigenvalue weighted by Crippen LogP contribution is -1.91. The van der Waals surface area contributed by atoms with Crippen molar-refractivity contribution in [2.45, 2.75) is 6.42 Å². The van der Waals surface area contributed by atoms with E-state index in [-0.39, 0.29) is 0 Å². The maximum absolute atomic E-state index is 6.03. The van der Waals surface area contributed by atoms with Gasteiger partial charge in [0.1, 0.15) is 0 Å². The lowest BCUT2D eigenvalue weighted by molar-refractivity contribution is 1.16. The van der Waals surface area contributed by atoms with Gasteiger partial charge in [-0.25, -0.2) is 0 Å². The van der Waals surface area contributed by atoms with E-state index in [1.165, 1.54) is 0 Å². The van der Waals surface area contributed by atoms with E-state index < -0.39 is 0 Å². The molecule has 0 aromatic heterocycles. The molecule has 0 aliphatic rings. The van der Waals surface area contributed by atoms with Crippen molar-refractivity contribution in [2.75, 3.05) is 11.5 Å². The summed E-state index contributed by atoms with van der Waals surface area (Å²) in [6.07, 6.45) is 2.82. The van der Waals surface area contributed by atoms with Crippen LogP contribution < -0.4 is 0 Å². The summed E-state index contributed by atoms with van der Waals surface area (Å²) in [6.45, 7) is 3.67. The van der Waals surface area contributed by atoms with Crippen molar-refractivity contribution in [3.63, 3.8) is 0 Å². The number of rotatable bonds is 5. The minimum atomic E-state index is 0.761. The van der Waals surface area contributed by atoms with Gasteiger partial charge in [-0.2, -0.15) is 11.8 Å². The maximum Gasteiger partial charge on any atom is 0.0453 e. The molecular formula is C11H12Cl2S. The smallest absolute Gasteiger partial charge is 0.0453 e. The molecule has 0 aliphatic carbocycles. The van der Waals surface area contributed by atoms with Crippen LogP contribution in [0.1, 0.15) is 5.56 Å². The first-order chi connectivity index (χ1) is 6.75. The molecule has 3 heteroatoms. The fourth-order valence-electron chi connectivity index (χ4n) is 1.11. The molecule has 1 aromatic rings. The fraction of sp³-hybridized carbons (Fsp3) is 0.273. The molecule has 0 fully saturated rings. The minimum absolute atomic E-state index is 0.761. The highest BCUT2D eigenvalue weighted by molar-refractivity contribution is 7.99. The Hall–Kier alpha value is -0.110. The van der Waals surface area contributed by atoms with E-state index >= 15 is 0 Å². The van der Waals surface area contributed by atoms with Gasteiger partial charge in [-0.15, -0.1) is 6.58 Å². The SMILES string of the molecule is C=CCSCCc1c(Cl)cccc1Cl. The third-order valence-corrected chi connectivity index (χ3v) is 3.47. The van der Waals surface area contributed by atoms with Crippen LogP contribution >= 0.6 is 35.0 Å². The topological polar surface area (TPSA) is 0 Å². The van der Waals surface area contributed by atoms with Crippen molar-refractivity contribution < 1.29 is 0 Å². The van der Waals surface area contributed by atoms with Crippen LogP contribution in [-0.4, -0.2) is 11.5 Å². The zero-order valence-corrected chi connectivity index (χ0v) is 10.1. The van der Waals surface area contributed by atoms with Crippen LogP contribution in [0, 0.1) is 0 Å². The molecule has 0 heterocycles. The van der Waals surface area contributed by atoms with Crippen LogP contribution in [0.5, 0.6) is 0 Å². The summed E-state index contributed by atoms with van der Waals surface area (Å²) in [7, 11) is 0. The molecule has 0 saturated carbocycles. The fourth-order valence-corrected chi connectivity index (χ4v) is 2.38. The van der Waals surface area contributed by atoms with Gasteiger partial charge >= 0.3 is 0 Å². The Morgan fingerprint density at radius 1 is 1.29 bits per heavy atom. The van der Waals surface area contributed by atoms with Gasteiger partial charge in [0.05, 0.1) is 0 Å². The van der Waals surface area contributed by atoms with E-state index in [0.717, 1.165) is 33.5 Å². The van der Waals surface area contributed by atoms with E-state index in [0.29, 0.717) is 0 Å². The molecule has 1 aromatic carbocycles. The third-order valence-electron chi connectivity index (χ3n) is 1.79. The molecule has 0 aliphatic heterocycles. The normalized spacial score (nSPS) is 10.1. The zero-order valence-electron chi connectivity index (χ0n) is 7.80. The second-order valence-corrected chi connectivity index (χ2v) is 4.78. The van der Waals surface area contributed by atoms with E-state index in [2.05, 4.69) is 6.58 Å². The number of hydrogen-bond donors (Lipinski definition) is 0. The highest BCUT2D eigenvalue weighted by atomic mass is 35.5. The molecule has 0 saturated heterocycles. The molecule has 0 spiro atoms. The van der Waals surface area contributed by atoms with Gasteiger partial charge in [-0.05, 0) is 29.9 Å². The van der Waals surface area contributed by atoms with E-state index in [1.54, 1.807) is 0 Å². The number of halogens is 2. The minimum Gasteiger partial charge on any atom is -0.158 e. The molecule has 14 heavy (non-hydrogen) atoms. The Kier molecular flexibility index (Phi) is 5.46. The van der Waals surface area contributed by atoms with E-state index in [4.69, 9.17) is 23.2 Å². The average Bonchev–Trinajstić information content (AvgIpc) is 2.16. The lowest BCUT2D eigenvalue weighted by Gasteiger charge is -2.05. The van der Waals surface area contributed by atoms with Gasteiger partial charge in [0.2, 0.25) is 0 Å². The summed E-state index contributed by atoms with van der Waals surface area (Å²) in [6, 6.07) is 5.62. The van der Waals surface area contributed by atoms with Gasteiger partial charge in [0, 0.05) is 15.8 Å². The Morgan fingerprint density at radius 3 is 2.50 bits per heavy atom. The van der Waals surface area contributed by atoms with E-state index in [1.807, 2.05) is 36.0 Å². The number of benzene rings is 1. The first kappa shape index (κ1) is 12.0. The largest absolute Gasteiger partial charge is 0.158 e. The van der Waals surface area contributed by atoms with Gasteiger partial charge in [-0.3, -0.25) is 0 Å². The second-order valence-electron chi connectivity index (χ2n) is 2.81. The highest BCUT2D eigenvalue weighted by Gasteiger charge is 2.04. The zero-order chi connectivity index (χ0) is 10.4. The van der Waals surface area contributed by atoms with Gasteiger partial charge in [0.25, 0.3) is 0 Å². The molecule has 0 bridgehead atoms. The summed E-state index contributed by atoms with van der Waals surface area (Å²) in [4.78, 5) is 0. The number of thioether (sulfide) groups is 1. The summed E-state index contributed by atoms with van der Waals surface area (Å²) >= 11 is 13.9. The third kappa shape index (κ3) is 3.56. The molecular weight excluding hydrogens is 235 g/mol.